The van der Waals surface area contributed by atoms with Gasteiger partial charge in [-0.3, -0.25) is 4.79 Å². The van der Waals surface area contributed by atoms with E-state index in [4.69, 9.17) is 9.88 Å². The molecule has 8 heteroatoms. The second kappa shape index (κ2) is 6.17. The summed E-state index contributed by atoms with van der Waals surface area (Å²) in [7, 11) is -3.81. The third-order valence-electron chi connectivity index (χ3n) is 3.80. The Bertz CT molecular complexity index is 617. The molecule has 0 aliphatic carbocycles. The van der Waals surface area contributed by atoms with Crippen molar-refractivity contribution >= 4 is 15.9 Å². The topological polar surface area (TPSA) is 103 Å². The molecule has 21 heavy (non-hydrogen) atoms. The number of hydrogen-bond donors (Lipinski definition) is 2. The average Bonchev–Trinajstić information content (AvgIpc) is 3.07. The highest BCUT2D eigenvalue weighted by atomic mass is 32.2. The first-order valence-electron chi connectivity index (χ1n) is 6.94. The lowest BCUT2D eigenvalue weighted by atomic mass is 10.0. The van der Waals surface area contributed by atoms with E-state index in [2.05, 4.69) is 5.32 Å². The summed E-state index contributed by atoms with van der Waals surface area (Å²) >= 11 is 0. The molecule has 2 unspecified atom stereocenters. The van der Waals surface area contributed by atoms with Gasteiger partial charge in [0, 0.05) is 31.3 Å². The SMILES string of the molecule is CCn1cc(S(N)(=O)=O)cc1C(=O)NC(C)C1CCOC1. The quantitative estimate of drug-likeness (QED) is 0.816. The fourth-order valence-electron chi connectivity index (χ4n) is 2.44. The Balaban J connectivity index is 2.16. The number of amides is 1. The first kappa shape index (κ1) is 16.0. The standard InChI is InChI=1S/C13H21N3O4S/c1-3-16-7-11(21(14,18)19)6-12(16)13(17)15-9(2)10-4-5-20-8-10/h6-7,9-10H,3-5,8H2,1-2H3,(H,15,17)(H2,14,18,19). The lowest BCUT2D eigenvalue weighted by Gasteiger charge is -2.19. The van der Waals surface area contributed by atoms with Crippen LogP contribution in [0.3, 0.4) is 0 Å². The van der Waals surface area contributed by atoms with Crippen LogP contribution in [0.15, 0.2) is 17.2 Å². The van der Waals surface area contributed by atoms with Crippen molar-refractivity contribution in [3.63, 3.8) is 0 Å². The normalized spacial score (nSPS) is 20.4. The van der Waals surface area contributed by atoms with Crippen molar-refractivity contribution in [3.8, 4) is 0 Å². The molecule has 1 amide bonds. The Morgan fingerprint density at radius 3 is 2.86 bits per heavy atom. The number of primary sulfonamides is 1. The number of aromatic nitrogens is 1. The summed E-state index contributed by atoms with van der Waals surface area (Å²) in [5.41, 5.74) is 0.298. The monoisotopic (exact) mass is 315 g/mol. The van der Waals surface area contributed by atoms with Crippen molar-refractivity contribution in [2.24, 2.45) is 11.1 Å². The molecule has 2 rings (SSSR count). The second-order valence-corrected chi connectivity index (χ2v) is 6.84. The summed E-state index contributed by atoms with van der Waals surface area (Å²) in [6.07, 6.45) is 2.30. The van der Waals surface area contributed by atoms with Gasteiger partial charge in [0.05, 0.1) is 6.61 Å². The van der Waals surface area contributed by atoms with Gasteiger partial charge in [-0.1, -0.05) is 0 Å². The van der Waals surface area contributed by atoms with E-state index in [0.29, 0.717) is 25.5 Å². The highest BCUT2D eigenvalue weighted by Gasteiger charge is 2.25. The summed E-state index contributed by atoms with van der Waals surface area (Å²) in [5.74, 6) is -0.0112. The maximum Gasteiger partial charge on any atom is 0.268 e. The zero-order valence-electron chi connectivity index (χ0n) is 12.2. The molecule has 1 aromatic heterocycles. The van der Waals surface area contributed by atoms with Gasteiger partial charge in [-0.15, -0.1) is 0 Å². The molecular weight excluding hydrogens is 294 g/mol. The van der Waals surface area contributed by atoms with E-state index in [-0.39, 0.29) is 22.8 Å². The van der Waals surface area contributed by atoms with Crippen LogP contribution in [0.1, 0.15) is 30.8 Å². The third-order valence-corrected chi connectivity index (χ3v) is 4.68. The molecule has 0 spiro atoms. The van der Waals surface area contributed by atoms with E-state index in [1.165, 1.54) is 12.3 Å². The van der Waals surface area contributed by atoms with Crippen LogP contribution in [0.5, 0.6) is 0 Å². The van der Waals surface area contributed by atoms with Crippen LogP contribution in [0, 0.1) is 5.92 Å². The van der Waals surface area contributed by atoms with Crippen molar-refractivity contribution in [3.05, 3.63) is 18.0 Å². The summed E-state index contributed by atoms with van der Waals surface area (Å²) in [6.45, 7) is 5.60. The number of nitrogens with two attached hydrogens (primary N) is 1. The Kier molecular flexibility index (Phi) is 4.70. The number of ether oxygens (including phenoxy) is 1. The molecule has 0 aromatic carbocycles. The number of hydrogen-bond acceptors (Lipinski definition) is 4. The van der Waals surface area contributed by atoms with Crippen LogP contribution in [-0.4, -0.2) is 38.1 Å². The Hall–Kier alpha value is -1.38. The van der Waals surface area contributed by atoms with Crippen molar-refractivity contribution in [2.45, 2.75) is 37.8 Å². The summed E-state index contributed by atoms with van der Waals surface area (Å²) < 4.78 is 29.7. The maximum absolute atomic E-state index is 12.3. The van der Waals surface area contributed by atoms with Gasteiger partial charge in [0.1, 0.15) is 10.6 Å². The molecule has 118 valence electrons. The highest BCUT2D eigenvalue weighted by molar-refractivity contribution is 7.89. The number of carbonyl (C=O) groups is 1. The number of sulfonamides is 1. The van der Waals surface area contributed by atoms with E-state index in [1.54, 1.807) is 4.57 Å². The Labute approximate surface area is 124 Å². The van der Waals surface area contributed by atoms with Gasteiger partial charge in [-0.05, 0) is 26.3 Å². The Morgan fingerprint density at radius 1 is 1.62 bits per heavy atom. The average molecular weight is 315 g/mol. The molecule has 3 N–H and O–H groups in total. The van der Waals surface area contributed by atoms with Gasteiger partial charge in [0.25, 0.3) is 5.91 Å². The molecule has 0 saturated carbocycles. The molecule has 7 nitrogen and oxygen atoms in total. The van der Waals surface area contributed by atoms with Gasteiger partial charge in [-0.2, -0.15) is 0 Å². The van der Waals surface area contributed by atoms with E-state index in [0.717, 1.165) is 6.42 Å². The van der Waals surface area contributed by atoms with Crippen molar-refractivity contribution in [1.82, 2.24) is 9.88 Å². The Morgan fingerprint density at radius 2 is 2.33 bits per heavy atom. The minimum Gasteiger partial charge on any atom is -0.381 e. The zero-order valence-corrected chi connectivity index (χ0v) is 13.0. The van der Waals surface area contributed by atoms with Crippen molar-refractivity contribution in [1.29, 1.82) is 0 Å². The van der Waals surface area contributed by atoms with Gasteiger partial charge >= 0.3 is 0 Å². The first-order valence-corrected chi connectivity index (χ1v) is 8.49. The highest BCUT2D eigenvalue weighted by Crippen LogP contribution is 2.18. The van der Waals surface area contributed by atoms with Gasteiger partial charge in [0.2, 0.25) is 10.0 Å². The lowest BCUT2D eigenvalue weighted by Crippen LogP contribution is -2.39. The van der Waals surface area contributed by atoms with Gasteiger partial charge < -0.3 is 14.6 Å². The number of nitrogens with one attached hydrogen (secondary N) is 1. The number of nitrogens with zero attached hydrogens (tertiary/aromatic N) is 1. The van der Waals surface area contributed by atoms with E-state index in [9.17, 15) is 13.2 Å². The van der Waals surface area contributed by atoms with Gasteiger partial charge in [-0.25, -0.2) is 13.6 Å². The van der Waals surface area contributed by atoms with Crippen LogP contribution in [0.25, 0.3) is 0 Å². The molecule has 0 bridgehead atoms. The fourth-order valence-corrected chi connectivity index (χ4v) is 2.99. The predicted octanol–water partition coefficient (Wildman–Crippen LogP) is 0.310. The predicted molar refractivity (Wildman–Crippen MR) is 77.3 cm³/mol. The number of carbonyl (C=O) groups excluding carboxylic acids is 1. The molecule has 2 heterocycles. The molecule has 1 fully saturated rings. The summed E-state index contributed by atoms with van der Waals surface area (Å²) in [6, 6.07) is 1.28. The minimum atomic E-state index is -3.81. The maximum atomic E-state index is 12.3. The second-order valence-electron chi connectivity index (χ2n) is 5.28. The van der Waals surface area contributed by atoms with Crippen molar-refractivity contribution < 1.29 is 17.9 Å². The molecule has 2 atom stereocenters. The molecule has 1 saturated heterocycles. The smallest absolute Gasteiger partial charge is 0.268 e. The summed E-state index contributed by atoms with van der Waals surface area (Å²) in [5, 5.41) is 8.01. The first-order chi connectivity index (χ1) is 9.82. The van der Waals surface area contributed by atoms with Gasteiger partial charge in [0.15, 0.2) is 0 Å². The minimum absolute atomic E-state index is 0.0295. The van der Waals surface area contributed by atoms with Crippen LogP contribution in [0.4, 0.5) is 0 Å². The molecule has 1 aromatic rings. The van der Waals surface area contributed by atoms with Crippen LogP contribution >= 0.6 is 0 Å². The van der Waals surface area contributed by atoms with E-state index in [1.807, 2.05) is 13.8 Å². The third kappa shape index (κ3) is 3.63. The lowest BCUT2D eigenvalue weighted by molar-refractivity contribution is 0.0913. The largest absolute Gasteiger partial charge is 0.381 e. The van der Waals surface area contributed by atoms with E-state index >= 15 is 0 Å². The molecule has 0 radical (unpaired) electrons. The van der Waals surface area contributed by atoms with Crippen molar-refractivity contribution in [2.75, 3.05) is 13.2 Å². The fraction of sp³-hybridized carbons (Fsp3) is 0.615. The molecule has 1 aliphatic rings. The zero-order chi connectivity index (χ0) is 15.6. The van der Waals surface area contributed by atoms with Crippen LogP contribution < -0.4 is 10.5 Å². The number of rotatable bonds is 5. The van der Waals surface area contributed by atoms with E-state index < -0.39 is 10.0 Å². The molecule has 1 aliphatic heterocycles. The van der Waals surface area contributed by atoms with Crippen LogP contribution in [-0.2, 0) is 21.3 Å². The number of aryl methyl sites for hydroxylation is 1. The molecular formula is C13H21N3O4S. The van der Waals surface area contributed by atoms with Crippen LogP contribution in [0.2, 0.25) is 0 Å². The summed E-state index contributed by atoms with van der Waals surface area (Å²) in [4.78, 5) is 12.3.